The molecule has 4 rings (SSSR count). The van der Waals surface area contributed by atoms with Crippen LogP contribution in [0.25, 0.3) is 23.0 Å². The number of carbonyl (C=O) groups is 1. The molecule has 29 heavy (non-hydrogen) atoms. The van der Waals surface area contributed by atoms with Crippen LogP contribution in [-0.2, 0) is 4.79 Å². The minimum absolute atomic E-state index is 0.154. The Balaban J connectivity index is 1.48. The first-order valence-electron chi connectivity index (χ1n) is 8.72. The molecule has 2 aromatic carbocycles. The maximum Gasteiger partial charge on any atom is 0.262 e. The summed E-state index contributed by atoms with van der Waals surface area (Å²) in [5.41, 5.74) is 1.73. The van der Waals surface area contributed by atoms with Gasteiger partial charge in [-0.25, -0.2) is 0 Å². The number of carbonyl (C=O) groups excluding carboxylic acids is 1. The Labute approximate surface area is 171 Å². The van der Waals surface area contributed by atoms with Crippen LogP contribution in [0, 0.1) is 0 Å². The number of anilines is 1. The molecule has 1 amide bonds. The number of benzene rings is 2. The van der Waals surface area contributed by atoms with Gasteiger partial charge < -0.3 is 14.6 Å². The van der Waals surface area contributed by atoms with Gasteiger partial charge in [0, 0.05) is 11.2 Å². The quantitative estimate of drug-likeness (QED) is 0.508. The summed E-state index contributed by atoms with van der Waals surface area (Å²) in [7, 11) is 0. The SMILES string of the molecule is O=C(COc1ccc(Cl)cc1)Nc1ccccc1-c1nc(-c2ccccn2)no1. The highest BCUT2D eigenvalue weighted by Crippen LogP contribution is 2.28. The normalized spacial score (nSPS) is 10.5. The molecule has 8 heteroatoms. The Morgan fingerprint density at radius 3 is 2.62 bits per heavy atom. The van der Waals surface area contributed by atoms with Crippen LogP contribution in [-0.4, -0.2) is 27.6 Å². The van der Waals surface area contributed by atoms with Gasteiger partial charge in [0.2, 0.25) is 5.82 Å². The van der Waals surface area contributed by atoms with Crippen molar-refractivity contribution >= 4 is 23.2 Å². The van der Waals surface area contributed by atoms with Gasteiger partial charge in [0.15, 0.2) is 6.61 Å². The van der Waals surface area contributed by atoms with Crippen molar-refractivity contribution in [2.24, 2.45) is 0 Å². The predicted molar refractivity (Wildman–Crippen MR) is 109 cm³/mol. The van der Waals surface area contributed by atoms with Crippen LogP contribution in [0.2, 0.25) is 5.02 Å². The Kier molecular flexibility index (Phi) is 5.49. The lowest BCUT2D eigenvalue weighted by Crippen LogP contribution is -2.20. The number of aromatic nitrogens is 3. The molecule has 2 heterocycles. The second-order valence-electron chi connectivity index (χ2n) is 5.97. The number of halogens is 1. The van der Waals surface area contributed by atoms with E-state index in [2.05, 4.69) is 20.4 Å². The standard InChI is InChI=1S/C21H15ClN4O3/c22-14-8-10-15(11-9-14)28-13-19(27)24-17-6-2-1-5-16(17)21-25-20(26-29-21)18-7-3-4-12-23-18/h1-12H,13H2,(H,24,27). The van der Waals surface area contributed by atoms with E-state index in [0.717, 1.165) is 0 Å². The van der Waals surface area contributed by atoms with Gasteiger partial charge in [-0.3, -0.25) is 9.78 Å². The van der Waals surface area contributed by atoms with Crippen molar-refractivity contribution in [3.63, 3.8) is 0 Å². The monoisotopic (exact) mass is 406 g/mol. The van der Waals surface area contributed by atoms with Gasteiger partial charge in [-0.05, 0) is 48.5 Å². The molecule has 0 unspecified atom stereocenters. The van der Waals surface area contributed by atoms with Crippen LogP contribution < -0.4 is 10.1 Å². The highest BCUT2D eigenvalue weighted by Gasteiger charge is 2.16. The van der Waals surface area contributed by atoms with Crippen LogP contribution in [0.1, 0.15) is 0 Å². The Hall–Kier alpha value is -3.71. The summed E-state index contributed by atoms with van der Waals surface area (Å²) in [4.78, 5) is 20.9. The topological polar surface area (TPSA) is 90.1 Å². The van der Waals surface area contributed by atoms with E-state index in [9.17, 15) is 4.79 Å². The van der Waals surface area contributed by atoms with E-state index >= 15 is 0 Å². The zero-order valence-electron chi connectivity index (χ0n) is 15.1. The second kappa shape index (κ2) is 8.53. The van der Waals surface area contributed by atoms with Crippen molar-refractivity contribution in [1.82, 2.24) is 15.1 Å². The largest absolute Gasteiger partial charge is 0.484 e. The third-order valence-electron chi connectivity index (χ3n) is 3.94. The molecule has 7 nitrogen and oxygen atoms in total. The summed E-state index contributed by atoms with van der Waals surface area (Å²) >= 11 is 5.84. The maximum absolute atomic E-state index is 12.3. The number of hydrogen-bond donors (Lipinski definition) is 1. The molecule has 0 bridgehead atoms. The molecule has 0 aliphatic rings. The maximum atomic E-state index is 12.3. The fraction of sp³-hybridized carbons (Fsp3) is 0.0476. The summed E-state index contributed by atoms with van der Waals surface area (Å²) in [6, 6.07) is 19.4. The Morgan fingerprint density at radius 2 is 1.83 bits per heavy atom. The van der Waals surface area contributed by atoms with Crippen molar-refractivity contribution in [3.8, 4) is 28.7 Å². The lowest BCUT2D eigenvalue weighted by molar-refractivity contribution is -0.118. The van der Waals surface area contributed by atoms with Crippen molar-refractivity contribution in [1.29, 1.82) is 0 Å². The zero-order chi connectivity index (χ0) is 20.1. The van der Waals surface area contributed by atoms with Crippen LogP contribution in [0.3, 0.4) is 0 Å². The van der Waals surface area contributed by atoms with E-state index in [1.54, 1.807) is 60.8 Å². The third kappa shape index (κ3) is 4.59. The first-order valence-corrected chi connectivity index (χ1v) is 9.09. The number of para-hydroxylation sites is 1. The average Bonchev–Trinajstić information content (AvgIpc) is 3.24. The Bertz CT molecular complexity index is 1110. The van der Waals surface area contributed by atoms with E-state index < -0.39 is 0 Å². The smallest absolute Gasteiger partial charge is 0.262 e. The summed E-state index contributed by atoms with van der Waals surface area (Å²) in [6.07, 6.45) is 1.65. The number of pyridine rings is 1. The van der Waals surface area contributed by atoms with Crippen LogP contribution >= 0.6 is 11.6 Å². The molecule has 0 aliphatic carbocycles. The molecule has 0 spiro atoms. The third-order valence-corrected chi connectivity index (χ3v) is 4.19. The molecule has 144 valence electrons. The molecule has 0 saturated heterocycles. The fourth-order valence-electron chi connectivity index (χ4n) is 2.58. The first-order chi connectivity index (χ1) is 14.2. The summed E-state index contributed by atoms with van der Waals surface area (Å²) in [6.45, 7) is -0.154. The minimum atomic E-state index is -0.322. The molecule has 0 fully saturated rings. The van der Waals surface area contributed by atoms with E-state index in [4.69, 9.17) is 20.9 Å². The highest BCUT2D eigenvalue weighted by atomic mass is 35.5. The van der Waals surface area contributed by atoms with Crippen LogP contribution in [0.4, 0.5) is 5.69 Å². The van der Waals surface area contributed by atoms with E-state index in [1.165, 1.54) is 0 Å². The number of ether oxygens (including phenoxy) is 1. The summed E-state index contributed by atoms with van der Waals surface area (Å²) in [5.74, 6) is 0.875. The Morgan fingerprint density at radius 1 is 1.03 bits per heavy atom. The van der Waals surface area contributed by atoms with Gasteiger partial charge >= 0.3 is 0 Å². The van der Waals surface area contributed by atoms with Gasteiger partial charge in [0.05, 0.1) is 11.3 Å². The van der Waals surface area contributed by atoms with Crippen LogP contribution in [0.15, 0.2) is 77.4 Å². The highest BCUT2D eigenvalue weighted by molar-refractivity contribution is 6.30. The molecular formula is C21H15ClN4O3. The molecule has 4 aromatic rings. The molecular weight excluding hydrogens is 392 g/mol. The fourth-order valence-corrected chi connectivity index (χ4v) is 2.70. The number of amides is 1. The van der Waals surface area contributed by atoms with Gasteiger partial charge in [-0.2, -0.15) is 4.98 Å². The zero-order valence-corrected chi connectivity index (χ0v) is 15.8. The summed E-state index contributed by atoms with van der Waals surface area (Å²) in [5, 5.41) is 7.37. The van der Waals surface area contributed by atoms with Gasteiger partial charge in [-0.15, -0.1) is 0 Å². The second-order valence-corrected chi connectivity index (χ2v) is 6.41. The summed E-state index contributed by atoms with van der Waals surface area (Å²) < 4.78 is 10.8. The van der Waals surface area contributed by atoms with Gasteiger partial charge in [-0.1, -0.05) is 35.0 Å². The van der Waals surface area contributed by atoms with E-state index in [-0.39, 0.29) is 18.4 Å². The average molecular weight is 407 g/mol. The number of rotatable bonds is 6. The predicted octanol–water partition coefficient (Wildman–Crippen LogP) is 4.47. The van der Waals surface area contributed by atoms with Crippen LogP contribution in [0.5, 0.6) is 5.75 Å². The molecule has 0 atom stereocenters. The van der Waals surface area contributed by atoms with Crippen molar-refractivity contribution in [2.75, 3.05) is 11.9 Å². The van der Waals surface area contributed by atoms with Crippen molar-refractivity contribution in [2.45, 2.75) is 0 Å². The molecule has 0 radical (unpaired) electrons. The lowest BCUT2D eigenvalue weighted by atomic mass is 10.1. The van der Waals surface area contributed by atoms with Crippen molar-refractivity contribution in [3.05, 3.63) is 77.9 Å². The lowest BCUT2D eigenvalue weighted by Gasteiger charge is -2.09. The molecule has 1 N–H and O–H groups in total. The first kappa shape index (κ1) is 18.6. The number of nitrogens with one attached hydrogen (secondary N) is 1. The van der Waals surface area contributed by atoms with Gasteiger partial charge in [0.1, 0.15) is 11.4 Å². The minimum Gasteiger partial charge on any atom is -0.484 e. The number of hydrogen-bond acceptors (Lipinski definition) is 6. The van der Waals surface area contributed by atoms with Gasteiger partial charge in [0.25, 0.3) is 11.8 Å². The molecule has 0 aliphatic heterocycles. The molecule has 2 aromatic heterocycles. The van der Waals surface area contributed by atoms with Crippen molar-refractivity contribution < 1.29 is 14.1 Å². The van der Waals surface area contributed by atoms with E-state index in [0.29, 0.717) is 33.5 Å². The van der Waals surface area contributed by atoms with E-state index in [1.807, 2.05) is 12.1 Å². The number of nitrogens with zero attached hydrogens (tertiary/aromatic N) is 3. The molecule has 0 saturated carbocycles.